The second-order valence-electron chi connectivity index (χ2n) is 7.67. The highest BCUT2D eigenvalue weighted by molar-refractivity contribution is 5.88. The lowest BCUT2D eigenvalue weighted by Gasteiger charge is -2.46. The molecule has 3 N–H and O–H groups in total. The molecule has 0 spiro atoms. The molecule has 3 unspecified atom stereocenters. The summed E-state index contributed by atoms with van der Waals surface area (Å²) in [5.74, 6) is 1.24. The van der Waals surface area contributed by atoms with Crippen LogP contribution in [0.3, 0.4) is 0 Å². The van der Waals surface area contributed by atoms with E-state index in [1.807, 2.05) is 11.8 Å². The summed E-state index contributed by atoms with van der Waals surface area (Å²) in [6.07, 6.45) is 9.01. The lowest BCUT2D eigenvalue weighted by atomic mass is 9.67. The number of rotatable bonds is 3. The third kappa shape index (κ3) is 4.05. The van der Waals surface area contributed by atoms with E-state index in [0.717, 1.165) is 38.6 Å². The van der Waals surface area contributed by atoms with E-state index >= 15 is 0 Å². The average Bonchev–Trinajstić information content (AvgIpc) is 2.55. The predicted octanol–water partition coefficient (Wildman–Crippen LogP) is 2.22. The van der Waals surface area contributed by atoms with E-state index in [1.165, 1.54) is 19.3 Å². The lowest BCUT2D eigenvalue weighted by Crippen LogP contribution is -2.59. The number of nitrogens with zero attached hydrogens (tertiary/aromatic N) is 1. The minimum atomic E-state index is -0.257. The van der Waals surface area contributed by atoms with E-state index in [-0.39, 0.29) is 36.3 Å². The first-order chi connectivity index (χ1) is 11.1. The van der Waals surface area contributed by atoms with Crippen LogP contribution in [-0.2, 0) is 9.59 Å². The molecule has 2 bridgehead atoms. The van der Waals surface area contributed by atoms with Gasteiger partial charge in [0.25, 0.3) is 0 Å². The number of hydrogen-bond acceptors (Lipinski definition) is 3. The highest BCUT2D eigenvalue weighted by Crippen LogP contribution is 2.39. The van der Waals surface area contributed by atoms with E-state index in [0.29, 0.717) is 24.3 Å². The second-order valence-corrected chi connectivity index (χ2v) is 7.67. The van der Waals surface area contributed by atoms with Gasteiger partial charge >= 0.3 is 0 Å². The van der Waals surface area contributed by atoms with Crippen molar-refractivity contribution in [3.05, 3.63) is 0 Å². The third-order valence-corrected chi connectivity index (χ3v) is 6.11. The molecule has 0 aromatic rings. The predicted molar refractivity (Wildman–Crippen MR) is 96.9 cm³/mol. The highest BCUT2D eigenvalue weighted by Gasteiger charge is 2.41. The summed E-state index contributed by atoms with van der Waals surface area (Å²) in [6, 6.07) is 0.315. The molecule has 3 aliphatic rings. The number of piperidine rings is 1. The van der Waals surface area contributed by atoms with Crippen molar-refractivity contribution in [3.63, 3.8) is 0 Å². The van der Waals surface area contributed by atoms with Crippen LogP contribution < -0.4 is 11.1 Å². The molecule has 2 aliphatic carbocycles. The van der Waals surface area contributed by atoms with Gasteiger partial charge in [-0.2, -0.15) is 0 Å². The normalized spacial score (nSPS) is 35.8. The summed E-state index contributed by atoms with van der Waals surface area (Å²) >= 11 is 0. The minimum Gasteiger partial charge on any atom is -0.351 e. The monoisotopic (exact) mass is 357 g/mol. The molecule has 138 valence electrons. The molecular weight excluding hydrogens is 326 g/mol. The van der Waals surface area contributed by atoms with Crippen LogP contribution in [0.15, 0.2) is 0 Å². The fourth-order valence-corrected chi connectivity index (χ4v) is 4.99. The van der Waals surface area contributed by atoms with Gasteiger partial charge < -0.3 is 16.0 Å². The van der Waals surface area contributed by atoms with Crippen molar-refractivity contribution in [1.29, 1.82) is 0 Å². The molecule has 3 rings (SSSR count). The van der Waals surface area contributed by atoms with Crippen LogP contribution in [-0.4, -0.2) is 41.4 Å². The fourth-order valence-electron chi connectivity index (χ4n) is 4.99. The van der Waals surface area contributed by atoms with Gasteiger partial charge in [-0.3, -0.25) is 9.59 Å². The van der Waals surface area contributed by atoms with Crippen LogP contribution in [0, 0.1) is 11.8 Å². The van der Waals surface area contributed by atoms with Gasteiger partial charge in [-0.1, -0.05) is 13.3 Å². The van der Waals surface area contributed by atoms with Gasteiger partial charge in [-0.05, 0) is 56.8 Å². The Morgan fingerprint density at radius 2 is 1.75 bits per heavy atom. The summed E-state index contributed by atoms with van der Waals surface area (Å²) in [4.78, 5) is 26.8. The Morgan fingerprint density at radius 1 is 1.08 bits per heavy atom. The zero-order chi connectivity index (χ0) is 16.4. The molecule has 3 atom stereocenters. The first-order valence-electron chi connectivity index (χ1n) is 9.45. The number of carbonyl (C=O) groups is 2. The third-order valence-electron chi connectivity index (χ3n) is 6.11. The summed E-state index contributed by atoms with van der Waals surface area (Å²) in [6.45, 7) is 2.60. The number of nitrogens with two attached hydrogens (primary N) is 1. The molecule has 1 heterocycles. The maximum absolute atomic E-state index is 12.9. The number of amides is 2. The molecule has 2 saturated carbocycles. The van der Waals surface area contributed by atoms with Crippen LogP contribution in [0.25, 0.3) is 0 Å². The van der Waals surface area contributed by atoms with Gasteiger partial charge in [-0.15, -0.1) is 12.4 Å². The molecule has 6 heteroatoms. The van der Waals surface area contributed by atoms with E-state index in [1.54, 1.807) is 0 Å². The minimum absolute atomic E-state index is 0. The molecule has 24 heavy (non-hydrogen) atoms. The summed E-state index contributed by atoms with van der Waals surface area (Å²) in [7, 11) is 0. The molecule has 3 fully saturated rings. The Balaban J connectivity index is 0.00000208. The van der Waals surface area contributed by atoms with Crippen molar-refractivity contribution < 1.29 is 9.59 Å². The summed E-state index contributed by atoms with van der Waals surface area (Å²) in [5, 5.41) is 3.33. The second kappa shape index (κ2) is 8.52. The van der Waals surface area contributed by atoms with Gasteiger partial charge in [0.1, 0.15) is 6.04 Å². The standard InChI is InChI=1S/C18H31N3O2.ClH/c1-2-16(22)21-9-4-3-8-15(21)18(23)20-17-12-6-5-7-13(17)11-14(19)10-12;/h12-15,17H,2-11,19H2,1H3,(H,20,23);1H. The van der Waals surface area contributed by atoms with Gasteiger partial charge in [0.05, 0.1) is 0 Å². The Morgan fingerprint density at radius 3 is 2.38 bits per heavy atom. The largest absolute Gasteiger partial charge is 0.351 e. The number of halogens is 1. The molecule has 1 aliphatic heterocycles. The summed E-state index contributed by atoms with van der Waals surface area (Å²) in [5.41, 5.74) is 6.18. The maximum Gasteiger partial charge on any atom is 0.243 e. The Labute approximate surface area is 151 Å². The van der Waals surface area contributed by atoms with Gasteiger partial charge in [0.15, 0.2) is 0 Å². The molecule has 1 saturated heterocycles. The van der Waals surface area contributed by atoms with E-state index in [2.05, 4.69) is 5.32 Å². The Hall–Kier alpha value is -0.810. The van der Waals surface area contributed by atoms with Gasteiger partial charge in [-0.25, -0.2) is 0 Å². The van der Waals surface area contributed by atoms with Crippen molar-refractivity contribution in [2.75, 3.05) is 6.54 Å². The van der Waals surface area contributed by atoms with Crippen molar-refractivity contribution >= 4 is 24.2 Å². The Bertz CT molecular complexity index is 446. The van der Waals surface area contributed by atoms with Crippen LogP contribution in [0.1, 0.15) is 64.7 Å². The smallest absolute Gasteiger partial charge is 0.243 e. The van der Waals surface area contributed by atoms with Crippen LogP contribution in [0.4, 0.5) is 0 Å². The SMILES string of the molecule is CCC(=O)N1CCCCC1C(=O)NC1C2CCCC1CC(N)C2.Cl. The zero-order valence-corrected chi connectivity index (χ0v) is 15.5. The van der Waals surface area contributed by atoms with Gasteiger partial charge in [0, 0.05) is 25.0 Å². The lowest BCUT2D eigenvalue weighted by molar-refractivity contribution is -0.143. The van der Waals surface area contributed by atoms with Crippen molar-refractivity contribution in [1.82, 2.24) is 10.2 Å². The maximum atomic E-state index is 12.9. The number of nitrogens with one attached hydrogen (secondary N) is 1. The molecule has 2 amide bonds. The quantitative estimate of drug-likeness (QED) is 0.813. The fraction of sp³-hybridized carbons (Fsp3) is 0.889. The van der Waals surface area contributed by atoms with Crippen molar-refractivity contribution in [2.45, 2.75) is 82.8 Å². The first kappa shape index (κ1) is 19.5. The van der Waals surface area contributed by atoms with Crippen LogP contribution in [0.2, 0.25) is 0 Å². The molecule has 0 aromatic carbocycles. The van der Waals surface area contributed by atoms with Gasteiger partial charge in [0.2, 0.25) is 11.8 Å². The molecule has 5 nitrogen and oxygen atoms in total. The number of fused-ring (bicyclic) bond motifs is 2. The topological polar surface area (TPSA) is 75.4 Å². The van der Waals surface area contributed by atoms with Crippen molar-refractivity contribution in [2.24, 2.45) is 17.6 Å². The summed E-state index contributed by atoms with van der Waals surface area (Å²) < 4.78 is 0. The number of carbonyl (C=O) groups excluding carboxylic acids is 2. The van der Waals surface area contributed by atoms with Crippen LogP contribution >= 0.6 is 12.4 Å². The molecular formula is C18H32ClN3O2. The van der Waals surface area contributed by atoms with E-state index < -0.39 is 0 Å². The van der Waals surface area contributed by atoms with Crippen molar-refractivity contribution in [3.8, 4) is 0 Å². The average molecular weight is 358 g/mol. The number of likely N-dealkylation sites (tertiary alicyclic amines) is 1. The van der Waals surface area contributed by atoms with Crippen LogP contribution in [0.5, 0.6) is 0 Å². The molecule has 0 aromatic heterocycles. The Kier molecular flexibility index (Phi) is 6.93. The first-order valence-corrected chi connectivity index (χ1v) is 9.45. The van der Waals surface area contributed by atoms with E-state index in [4.69, 9.17) is 5.73 Å². The number of hydrogen-bond donors (Lipinski definition) is 2. The highest BCUT2D eigenvalue weighted by atomic mass is 35.5. The molecule has 0 radical (unpaired) electrons. The zero-order valence-electron chi connectivity index (χ0n) is 14.7. The van der Waals surface area contributed by atoms with E-state index in [9.17, 15) is 9.59 Å².